The normalized spacial score (nSPS) is 13.5. The molecule has 1 fully saturated rings. The van der Waals surface area contributed by atoms with Crippen molar-refractivity contribution in [1.29, 1.82) is 0 Å². The summed E-state index contributed by atoms with van der Waals surface area (Å²) in [6.07, 6.45) is 8.17. The Labute approximate surface area is 257 Å². The van der Waals surface area contributed by atoms with E-state index >= 15 is 0 Å². The molecule has 3 heterocycles. The van der Waals surface area contributed by atoms with Gasteiger partial charge in [-0.05, 0) is 95.8 Å². The Morgan fingerprint density at radius 2 is 1.24 bits per heavy atom. The molecule has 0 radical (unpaired) electrons. The molecule has 2 aromatic carbocycles. The third kappa shape index (κ3) is 6.06. The summed E-state index contributed by atoms with van der Waals surface area (Å²) < 4.78 is 0. The third-order valence-corrected chi connectivity index (χ3v) is 7.59. The van der Waals surface area contributed by atoms with Crippen molar-refractivity contribution in [2.45, 2.75) is 55.4 Å². The molecule has 41 heavy (non-hydrogen) atoms. The van der Waals surface area contributed by atoms with Gasteiger partial charge < -0.3 is 9.80 Å². The second-order valence-electron chi connectivity index (χ2n) is 11.4. The Morgan fingerprint density at radius 3 is 1.71 bits per heavy atom. The predicted octanol–water partition coefficient (Wildman–Crippen LogP) is 6.83. The molecule has 0 unspecified atom stereocenters. The fourth-order valence-electron chi connectivity index (χ4n) is 6.27. The maximum Gasteiger partial charge on any atom is 0.121 e. The molecular formula is C36H40N4Ru. The molecule has 0 spiro atoms. The molecule has 4 nitrogen and oxygen atoms in total. The van der Waals surface area contributed by atoms with Crippen molar-refractivity contribution in [3.05, 3.63) is 116 Å². The van der Waals surface area contributed by atoms with Crippen LogP contribution in [0.4, 0.5) is 11.4 Å². The summed E-state index contributed by atoms with van der Waals surface area (Å²) in [7, 11) is 0. The number of aryl methyl sites for hydroxylation is 6. The standard InChI is InChI=1S/C36H40N4.Ru/c1-23(2)12-13-30-31(14-16-38-33(30)32-11-9-10-15-37-32)36-39(34-26(5)19-24(3)20-27(34)6)17-18-40(36)35-28(7)21-25(4)22-29(35)8;/h9-16,19-22H,17-18H2,1-8H3;. The second-order valence-corrected chi connectivity index (χ2v) is 11.4. The minimum absolute atomic E-state index is 0. The smallest absolute Gasteiger partial charge is 0.121 e. The molecule has 2 aromatic heterocycles. The number of pyridine rings is 2. The van der Waals surface area contributed by atoms with Gasteiger partial charge in [-0.1, -0.05) is 59.2 Å². The Morgan fingerprint density at radius 1 is 0.707 bits per heavy atom. The summed E-state index contributed by atoms with van der Waals surface area (Å²) in [5, 5.41) is 2.24. The van der Waals surface area contributed by atoms with Gasteiger partial charge in [0.2, 0.25) is 0 Å². The minimum atomic E-state index is 0. The Bertz CT molecular complexity index is 1620. The number of benzene rings is 2. The van der Waals surface area contributed by atoms with Gasteiger partial charge >= 0.3 is 0 Å². The topological polar surface area (TPSA) is 32.3 Å². The van der Waals surface area contributed by atoms with Gasteiger partial charge in [-0.15, -0.1) is 0 Å². The van der Waals surface area contributed by atoms with E-state index < -0.39 is 0 Å². The number of nitrogens with zero attached hydrogens (tertiary/aromatic N) is 4. The van der Waals surface area contributed by atoms with Crippen LogP contribution in [0, 0.1) is 41.5 Å². The maximum absolute atomic E-state index is 4.87. The van der Waals surface area contributed by atoms with Crippen LogP contribution in [0.3, 0.4) is 0 Å². The molecule has 0 N–H and O–H groups in total. The minimum Gasteiger partial charge on any atom is -0.325 e. The van der Waals surface area contributed by atoms with Gasteiger partial charge in [0.05, 0.1) is 11.4 Å². The molecule has 0 amide bonds. The first kappa shape index (κ1) is 30.4. The average molecular weight is 630 g/mol. The molecule has 0 saturated carbocycles. The van der Waals surface area contributed by atoms with E-state index in [0.717, 1.165) is 34.9 Å². The van der Waals surface area contributed by atoms with Crippen molar-refractivity contribution in [2.24, 2.45) is 0 Å². The van der Waals surface area contributed by atoms with Crippen molar-refractivity contribution in [3.8, 4) is 11.4 Å². The van der Waals surface area contributed by atoms with Crippen molar-refractivity contribution in [2.75, 3.05) is 22.9 Å². The number of aromatic nitrogens is 2. The zero-order chi connectivity index (χ0) is 28.6. The molecule has 0 aliphatic carbocycles. The van der Waals surface area contributed by atoms with Crippen molar-refractivity contribution >= 4 is 23.3 Å². The molecular weight excluding hydrogens is 589 g/mol. The number of hydrogen-bond donors (Lipinski definition) is 0. The van der Waals surface area contributed by atoms with Crippen molar-refractivity contribution in [3.63, 3.8) is 0 Å². The third-order valence-electron chi connectivity index (χ3n) is 7.59. The van der Waals surface area contributed by atoms with E-state index in [2.05, 4.69) is 108 Å². The SMILES string of the molecule is CC(C)=CC=c1c(-c2ccccn2)nccc1=C1N(c2c(C)cc(C)cc2C)CCN1c1c(C)cc(C)cc1C.[Ru]. The first-order valence-electron chi connectivity index (χ1n) is 14.1. The fraction of sp³-hybridized carbons (Fsp3) is 0.278. The van der Waals surface area contributed by atoms with E-state index in [1.807, 2.05) is 30.6 Å². The van der Waals surface area contributed by atoms with E-state index in [9.17, 15) is 0 Å². The summed E-state index contributed by atoms with van der Waals surface area (Å²) >= 11 is 0. The molecule has 212 valence electrons. The zero-order valence-electron chi connectivity index (χ0n) is 25.5. The number of rotatable bonds is 4. The van der Waals surface area contributed by atoms with Crippen LogP contribution in [0.2, 0.25) is 0 Å². The number of hydrogen-bond acceptors (Lipinski definition) is 4. The van der Waals surface area contributed by atoms with E-state index in [0.29, 0.717) is 0 Å². The molecule has 4 aromatic rings. The van der Waals surface area contributed by atoms with Crippen LogP contribution in [0.25, 0.3) is 23.3 Å². The van der Waals surface area contributed by atoms with Crippen LogP contribution in [0.15, 0.2) is 72.6 Å². The van der Waals surface area contributed by atoms with Crippen LogP contribution in [-0.2, 0) is 19.5 Å². The molecule has 1 aliphatic rings. The summed E-state index contributed by atoms with van der Waals surface area (Å²) in [5.41, 5.74) is 13.3. The molecule has 1 saturated heterocycles. The van der Waals surface area contributed by atoms with Gasteiger partial charge in [0.1, 0.15) is 5.82 Å². The van der Waals surface area contributed by atoms with Crippen LogP contribution < -0.4 is 20.2 Å². The predicted molar refractivity (Wildman–Crippen MR) is 170 cm³/mol. The van der Waals surface area contributed by atoms with E-state index in [1.165, 1.54) is 56.1 Å². The second kappa shape index (κ2) is 12.5. The van der Waals surface area contributed by atoms with Gasteiger partial charge in [0.25, 0.3) is 0 Å². The number of allylic oxidation sites excluding steroid dienone is 2. The van der Waals surface area contributed by atoms with Crippen LogP contribution >= 0.6 is 0 Å². The van der Waals surface area contributed by atoms with Crippen LogP contribution in [0.5, 0.6) is 0 Å². The van der Waals surface area contributed by atoms with Gasteiger partial charge in [-0.3, -0.25) is 9.97 Å². The molecule has 5 rings (SSSR count). The van der Waals surface area contributed by atoms with Crippen LogP contribution in [0.1, 0.15) is 47.2 Å². The first-order chi connectivity index (χ1) is 19.2. The summed E-state index contributed by atoms with van der Waals surface area (Å²) in [4.78, 5) is 14.6. The molecule has 5 heteroatoms. The monoisotopic (exact) mass is 630 g/mol. The first-order valence-corrected chi connectivity index (χ1v) is 14.1. The van der Waals surface area contributed by atoms with Crippen molar-refractivity contribution in [1.82, 2.24) is 9.97 Å². The Hall–Kier alpha value is -3.56. The van der Waals surface area contributed by atoms with Crippen LogP contribution in [-0.4, -0.2) is 23.1 Å². The quantitative estimate of drug-likeness (QED) is 0.232. The number of anilines is 2. The van der Waals surface area contributed by atoms with E-state index in [-0.39, 0.29) is 19.5 Å². The summed E-state index contributed by atoms with van der Waals surface area (Å²) in [6.45, 7) is 19.4. The Kier molecular flexibility index (Phi) is 9.29. The Balaban J connectivity index is 0.00000387. The van der Waals surface area contributed by atoms with E-state index in [1.54, 1.807) is 0 Å². The van der Waals surface area contributed by atoms with E-state index in [4.69, 9.17) is 9.97 Å². The van der Waals surface area contributed by atoms with Gasteiger partial charge in [0, 0.05) is 66.8 Å². The fourth-order valence-corrected chi connectivity index (χ4v) is 6.27. The van der Waals surface area contributed by atoms with Gasteiger partial charge in [-0.25, -0.2) is 0 Å². The molecule has 0 bridgehead atoms. The zero-order valence-corrected chi connectivity index (χ0v) is 27.2. The van der Waals surface area contributed by atoms with Gasteiger partial charge in [0.15, 0.2) is 0 Å². The van der Waals surface area contributed by atoms with Crippen molar-refractivity contribution < 1.29 is 19.5 Å². The average Bonchev–Trinajstić information content (AvgIpc) is 3.30. The maximum atomic E-state index is 4.87. The van der Waals surface area contributed by atoms with Gasteiger partial charge in [-0.2, -0.15) is 0 Å². The molecule has 1 aliphatic heterocycles. The summed E-state index contributed by atoms with van der Waals surface area (Å²) in [5.74, 6) is 1.19. The largest absolute Gasteiger partial charge is 0.325 e. The molecule has 0 atom stereocenters. The summed E-state index contributed by atoms with van der Waals surface area (Å²) in [6, 6.07) is 17.4.